The van der Waals surface area contributed by atoms with Gasteiger partial charge in [-0.1, -0.05) is 32.0 Å². The normalized spacial score (nSPS) is 18.4. The number of para-hydroxylation sites is 1. The van der Waals surface area contributed by atoms with Crippen LogP contribution in [0.2, 0.25) is 0 Å². The number of quaternary nitrogens is 1. The molecule has 0 aliphatic carbocycles. The Morgan fingerprint density at radius 3 is 2.79 bits per heavy atom. The van der Waals surface area contributed by atoms with Gasteiger partial charge in [-0.05, 0) is 55.9 Å². The molecule has 4 aromatic rings. The van der Waals surface area contributed by atoms with Crippen LogP contribution >= 0.6 is 0 Å². The molecule has 0 amide bonds. The molecule has 2 atom stereocenters. The molecule has 5 rings (SSSR count). The topological polar surface area (TPSA) is 72.7 Å². The van der Waals surface area contributed by atoms with E-state index in [9.17, 15) is 9.90 Å². The van der Waals surface area contributed by atoms with Crippen molar-refractivity contribution in [3.8, 4) is 22.6 Å². The highest BCUT2D eigenvalue weighted by Crippen LogP contribution is 2.32. The second-order valence-corrected chi connectivity index (χ2v) is 9.27. The molecule has 6 heteroatoms. The van der Waals surface area contributed by atoms with Gasteiger partial charge >= 0.3 is 0 Å². The third kappa shape index (κ3) is 4.03. The van der Waals surface area contributed by atoms with Gasteiger partial charge in [0.1, 0.15) is 24.1 Å². The quantitative estimate of drug-likeness (QED) is 0.453. The molecule has 176 valence electrons. The number of aryl methyl sites for hydroxylation is 1. The number of aromatic nitrogens is 2. The predicted molar refractivity (Wildman–Crippen MR) is 134 cm³/mol. The summed E-state index contributed by atoms with van der Waals surface area (Å²) in [5.74, 6) is 0.274. The fourth-order valence-corrected chi connectivity index (χ4v) is 5.31. The molecule has 2 aromatic heterocycles. The van der Waals surface area contributed by atoms with Crippen LogP contribution in [0.3, 0.4) is 0 Å². The minimum Gasteiger partial charge on any atom is -0.507 e. The molecule has 2 N–H and O–H groups in total. The molecule has 0 spiro atoms. The van der Waals surface area contributed by atoms with Crippen molar-refractivity contribution in [2.75, 3.05) is 6.54 Å². The summed E-state index contributed by atoms with van der Waals surface area (Å²) >= 11 is 0. The molecule has 0 bridgehead atoms. The van der Waals surface area contributed by atoms with E-state index in [1.54, 1.807) is 16.9 Å². The summed E-state index contributed by atoms with van der Waals surface area (Å²) in [6.07, 6.45) is 10.5. The monoisotopic (exact) mass is 458 g/mol. The molecule has 3 heterocycles. The summed E-state index contributed by atoms with van der Waals surface area (Å²) in [5.41, 5.74) is 4.07. The summed E-state index contributed by atoms with van der Waals surface area (Å²) < 4.78 is 7.86. The van der Waals surface area contributed by atoms with E-state index in [1.807, 2.05) is 43.5 Å². The number of likely N-dealkylation sites (tertiary alicyclic amines) is 1. The average Bonchev–Trinajstić information content (AvgIpc) is 3.37. The Hall–Kier alpha value is -3.38. The number of aromatic hydroxyl groups is 1. The van der Waals surface area contributed by atoms with Crippen LogP contribution in [0.15, 0.2) is 64.3 Å². The van der Waals surface area contributed by atoms with Gasteiger partial charge in [0.05, 0.1) is 41.0 Å². The summed E-state index contributed by atoms with van der Waals surface area (Å²) in [4.78, 5) is 15.1. The zero-order valence-electron chi connectivity index (χ0n) is 19.9. The minimum atomic E-state index is -0.0921. The average molecular weight is 459 g/mol. The third-order valence-corrected chi connectivity index (χ3v) is 7.28. The number of rotatable bonds is 6. The maximum absolute atomic E-state index is 13.6. The zero-order chi connectivity index (χ0) is 23.7. The molecule has 1 saturated heterocycles. The molecule has 0 radical (unpaired) electrons. The smallest absolute Gasteiger partial charge is 0.200 e. The van der Waals surface area contributed by atoms with E-state index in [0.29, 0.717) is 41.1 Å². The van der Waals surface area contributed by atoms with Crippen LogP contribution < -0.4 is 10.3 Å². The molecule has 34 heavy (non-hydrogen) atoms. The molecule has 1 aliphatic rings. The summed E-state index contributed by atoms with van der Waals surface area (Å²) in [5, 5.41) is 16.1. The standard InChI is InChI=1S/C28H31N3O3/c1-3-19-14-23-27(33)25(20-15-29-31(16-20)22-11-6-5-7-12-22)18-34-28(23)24(26(19)32)17-30-13-9-8-10-21(30)4-2/h5-7,11-12,14-16,18,21,32H,3-4,8-10,13,17H2,1-2H3/p+1/t21-/m1/s1. The predicted octanol–water partition coefficient (Wildman–Crippen LogP) is 4.26. The highest BCUT2D eigenvalue weighted by molar-refractivity contribution is 5.86. The first kappa shape index (κ1) is 22.4. The van der Waals surface area contributed by atoms with Crippen molar-refractivity contribution < 1.29 is 14.4 Å². The van der Waals surface area contributed by atoms with E-state index in [0.717, 1.165) is 29.8 Å². The largest absolute Gasteiger partial charge is 0.507 e. The molecular formula is C28H32N3O3+. The number of fused-ring (bicyclic) bond motifs is 1. The van der Waals surface area contributed by atoms with E-state index in [4.69, 9.17) is 4.42 Å². The number of piperidine rings is 1. The zero-order valence-corrected chi connectivity index (χ0v) is 19.9. The van der Waals surface area contributed by atoms with E-state index in [1.165, 1.54) is 30.4 Å². The van der Waals surface area contributed by atoms with E-state index < -0.39 is 0 Å². The highest BCUT2D eigenvalue weighted by Gasteiger charge is 2.28. The molecule has 1 fully saturated rings. The summed E-state index contributed by atoms with van der Waals surface area (Å²) in [6.45, 7) is 5.99. The number of phenolic OH excluding ortho intramolecular Hbond substituents is 1. The van der Waals surface area contributed by atoms with Crippen LogP contribution in [0.25, 0.3) is 27.8 Å². The lowest BCUT2D eigenvalue weighted by molar-refractivity contribution is -0.944. The molecule has 0 saturated carbocycles. The van der Waals surface area contributed by atoms with Crippen LogP contribution in [0.1, 0.15) is 50.7 Å². The third-order valence-electron chi connectivity index (χ3n) is 7.28. The molecule has 1 unspecified atom stereocenters. The maximum atomic E-state index is 13.6. The van der Waals surface area contributed by atoms with Gasteiger partial charge in [0.15, 0.2) is 0 Å². The van der Waals surface area contributed by atoms with Gasteiger partial charge in [0.25, 0.3) is 0 Å². The Labute approximate surface area is 199 Å². The number of nitrogens with one attached hydrogen (secondary N) is 1. The van der Waals surface area contributed by atoms with Crippen LogP contribution in [0, 0.1) is 0 Å². The number of phenols is 1. The summed E-state index contributed by atoms with van der Waals surface area (Å²) in [7, 11) is 0. The van der Waals surface area contributed by atoms with Crippen LogP contribution in [-0.2, 0) is 13.0 Å². The molecular weight excluding hydrogens is 426 g/mol. The first-order valence-electron chi connectivity index (χ1n) is 12.3. The van der Waals surface area contributed by atoms with Gasteiger partial charge in [-0.2, -0.15) is 5.10 Å². The van der Waals surface area contributed by atoms with Crippen molar-refractivity contribution in [2.24, 2.45) is 0 Å². The molecule has 1 aliphatic heterocycles. The van der Waals surface area contributed by atoms with Crippen LogP contribution in [0.4, 0.5) is 0 Å². The number of nitrogens with zero attached hydrogens (tertiary/aromatic N) is 2. The van der Waals surface area contributed by atoms with Crippen molar-refractivity contribution >= 4 is 11.0 Å². The maximum Gasteiger partial charge on any atom is 0.200 e. The van der Waals surface area contributed by atoms with Gasteiger partial charge in [-0.15, -0.1) is 0 Å². The first-order chi connectivity index (χ1) is 16.6. The van der Waals surface area contributed by atoms with Gasteiger partial charge in [0, 0.05) is 11.8 Å². The van der Waals surface area contributed by atoms with Crippen molar-refractivity contribution in [1.29, 1.82) is 0 Å². The van der Waals surface area contributed by atoms with E-state index >= 15 is 0 Å². The Kier molecular flexibility index (Phi) is 6.24. The van der Waals surface area contributed by atoms with Gasteiger partial charge in [-0.25, -0.2) is 4.68 Å². The minimum absolute atomic E-state index is 0.0921. The van der Waals surface area contributed by atoms with Crippen molar-refractivity contribution in [3.05, 3.63) is 76.4 Å². The van der Waals surface area contributed by atoms with Crippen molar-refractivity contribution in [2.45, 2.75) is 58.5 Å². The lowest BCUT2D eigenvalue weighted by Gasteiger charge is -2.32. The highest BCUT2D eigenvalue weighted by atomic mass is 16.3. The number of hydrogen-bond donors (Lipinski definition) is 2. The number of hydrogen-bond acceptors (Lipinski definition) is 4. The first-order valence-corrected chi connectivity index (χ1v) is 12.3. The number of benzene rings is 2. The van der Waals surface area contributed by atoms with Crippen LogP contribution in [-0.4, -0.2) is 27.5 Å². The molecule has 6 nitrogen and oxygen atoms in total. The van der Waals surface area contributed by atoms with Gasteiger partial charge in [0.2, 0.25) is 5.43 Å². The van der Waals surface area contributed by atoms with E-state index in [2.05, 4.69) is 12.0 Å². The Bertz CT molecular complexity index is 1360. The van der Waals surface area contributed by atoms with Gasteiger partial charge < -0.3 is 14.4 Å². The lowest BCUT2D eigenvalue weighted by atomic mass is 9.96. The Morgan fingerprint density at radius 1 is 1.21 bits per heavy atom. The van der Waals surface area contributed by atoms with E-state index in [-0.39, 0.29) is 11.2 Å². The lowest BCUT2D eigenvalue weighted by Crippen LogP contribution is -3.15. The second-order valence-electron chi connectivity index (χ2n) is 9.27. The van der Waals surface area contributed by atoms with Crippen LogP contribution in [0.5, 0.6) is 5.75 Å². The van der Waals surface area contributed by atoms with Gasteiger partial charge in [-0.3, -0.25) is 4.79 Å². The fraction of sp³-hybridized carbons (Fsp3) is 0.357. The van der Waals surface area contributed by atoms with Crippen molar-refractivity contribution in [1.82, 2.24) is 9.78 Å². The SMILES string of the molecule is CCc1cc2c(=O)c(-c3cnn(-c4ccccc4)c3)coc2c(C[NH+]2CCCC[C@H]2CC)c1O. The summed E-state index contributed by atoms with van der Waals surface area (Å²) in [6, 6.07) is 12.2. The molecule has 2 aromatic carbocycles. The second kappa shape index (κ2) is 9.47. The Balaban J connectivity index is 1.59. The Morgan fingerprint density at radius 2 is 2.03 bits per heavy atom. The fourth-order valence-electron chi connectivity index (χ4n) is 5.31. The van der Waals surface area contributed by atoms with Crippen molar-refractivity contribution in [3.63, 3.8) is 0 Å².